The van der Waals surface area contributed by atoms with Gasteiger partial charge in [-0.1, -0.05) is 48.5 Å². The zero-order valence-corrected chi connectivity index (χ0v) is 25.8. The van der Waals surface area contributed by atoms with Crippen LogP contribution in [0.4, 0.5) is 0 Å². The average molecular weight is 633 g/mol. The van der Waals surface area contributed by atoms with Gasteiger partial charge in [0.05, 0.1) is 5.52 Å². The maximum Gasteiger partial charge on any atom is 0.303 e. The van der Waals surface area contributed by atoms with Crippen LogP contribution in [0.1, 0.15) is 43.9 Å². The van der Waals surface area contributed by atoms with Gasteiger partial charge in [0.1, 0.15) is 18.1 Å². The number of carbonyl (C=O) groups is 5. The number of carboxylic acids is 1. The van der Waals surface area contributed by atoms with E-state index in [0.717, 1.165) is 22.0 Å². The zero-order valence-electron chi connectivity index (χ0n) is 25.8. The molecule has 46 heavy (non-hydrogen) atoms. The fourth-order valence-electron chi connectivity index (χ4n) is 5.09. The molecule has 3 atom stereocenters. The number of benzene rings is 2. The van der Waals surface area contributed by atoms with E-state index < -0.39 is 54.1 Å². The number of aromatic nitrogens is 1. The van der Waals surface area contributed by atoms with Crippen LogP contribution < -0.4 is 33.2 Å². The van der Waals surface area contributed by atoms with Crippen molar-refractivity contribution in [3.8, 4) is 11.1 Å². The number of aliphatic carboxylic acids is 1. The summed E-state index contributed by atoms with van der Waals surface area (Å²) in [6.45, 7) is 3.27. The van der Waals surface area contributed by atoms with Gasteiger partial charge in [0.25, 0.3) is 0 Å². The van der Waals surface area contributed by atoms with E-state index >= 15 is 0 Å². The number of carbonyl (C=O) groups excluding carboxylic acids is 4. The van der Waals surface area contributed by atoms with Crippen LogP contribution in [-0.4, -0.2) is 70.3 Å². The van der Waals surface area contributed by atoms with Gasteiger partial charge in [-0.05, 0) is 48.9 Å². The van der Waals surface area contributed by atoms with Crippen molar-refractivity contribution >= 4 is 46.5 Å². The van der Waals surface area contributed by atoms with Gasteiger partial charge in [0, 0.05) is 37.4 Å². The lowest BCUT2D eigenvalue weighted by Crippen LogP contribution is -2.57. The summed E-state index contributed by atoms with van der Waals surface area (Å²) in [5, 5.41) is 17.8. The first-order valence-electron chi connectivity index (χ1n) is 14.7. The Morgan fingerprint density at radius 3 is 2.11 bits per heavy atom. The molecule has 0 aliphatic carbocycles. The van der Waals surface area contributed by atoms with E-state index in [2.05, 4.69) is 20.9 Å². The van der Waals surface area contributed by atoms with E-state index in [1.165, 1.54) is 6.92 Å². The Labute approximate surface area is 266 Å². The summed E-state index contributed by atoms with van der Waals surface area (Å²) in [6, 6.07) is 13.4. The van der Waals surface area contributed by atoms with Crippen LogP contribution in [0.2, 0.25) is 0 Å². The quantitative estimate of drug-likeness (QED) is 0.0664. The van der Waals surface area contributed by atoms with Crippen LogP contribution in [0.3, 0.4) is 0 Å². The van der Waals surface area contributed by atoms with Crippen molar-refractivity contribution in [3.63, 3.8) is 0 Å². The smallest absolute Gasteiger partial charge is 0.303 e. The lowest BCUT2D eigenvalue weighted by atomic mass is 9.90. The van der Waals surface area contributed by atoms with E-state index in [1.54, 1.807) is 6.92 Å². The molecular formula is C32H40N8O6. The predicted octanol–water partition coefficient (Wildman–Crippen LogP) is 0.631. The molecular weight excluding hydrogens is 592 g/mol. The minimum atomic E-state index is -1.31. The molecule has 10 N–H and O–H groups in total. The average Bonchev–Trinajstić information content (AvgIpc) is 3.00. The molecule has 0 fully saturated rings. The van der Waals surface area contributed by atoms with E-state index in [1.807, 2.05) is 54.6 Å². The predicted molar refractivity (Wildman–Crippen MR) is 173 cm³/mol. The normalized spacial score (nSPS) is 12.7. The number of aliphatic imine (C=N–C) groups is 1. The fourth-order valence-corrected chi connectivity index (χ4v) is 5.09. The van der Waals surface area contributed by atoms with Gasteiger partial charge in [0.15, 0.2) is 5.96 Å². The SMILES string of the molecule is CC(=O)NC(CCCN=C(N)N)C(=O)NC(Cc1c(C)nc2ccccc2c1-c1ccccc1)C(=O)N[C@H](CCC(=O)O)C(N)=O. The summed E-state index contributed by atoms with van der Waals surface area (Å²) in [5.74, 6) is -4.10. The molecule has 14 nitrogen and oxygen atoms in total. The Hall–Kier alpha value is -5.53. The van der Waals surface area contributed by atoms with Crippen molar-refractivity contribution in [1.82, 2.24) is 20.9 Å². The van der Waals surface area contributed by atoms with Gasteiger partial charge in [-0.25, -0.2) is 0 Å². The Balaban J connectivity index is 2.06. The lowest BCUT2D eigenvalue weighted by Gasteiger charge is -2.26. The van der Waals surface area contributed by atoms with E-state index in [-0.39, 0.29) is 31.8 Å². The van der Waals surface area contributed by atoms with Gasteiger partial charge in [-0.15, -0.1) is 0 Å². The number of guanidine groups is 1. The first-order chi connectivity index (χ1) is 21.9. The molecule has 2 unspecified atom stereocenters. The van der Waals surface area contributed by atoms with Crippen LogP contribution in [-0.2, 0) is 30.4 Å². The number of pyridine rings is 1. The van der Waals surface area contributed by atoms with Gasteiger partial charge in [-0.3, -0.25) is 33.9 Å². The second-order valence-electron chi connectivity index (χ2n) is 10.8. The summed E-state index contributed by atoms with van der Waals surface area (Å²) in [4.78, 5) is 71.4. The number of fused-ring (bicyclic) bond motifs is 1. The Bertz CT molecular complexity index is 1610. The Kier molecular flexibility index (Phi) is 12.6. The van der Waals surface area contributed by atoms with Crippen molar-refractivity contribution < 1.29 is 29.1 Å². The standard InChI is InChI=1S/C32H40N8O6/c1-18-22(28(20-9-4-3-5-10-20)21-11-6-7-12-23(21)37-18)17-26(31(46)39-24(29(33)44)14-15-27(42)43)40-30(45)25(38-19(2)41)13-8-16-36-32(34)35/h3-7,9-12,24-26H,8,13-17H2,1-2H3,(H2,33,44)(H,38,41)(H,39,46)(H,40,45)(H,42,43)(H4,34,35,36)/t24-,25?,26?/m1/s1. The number of carboxylic acid groups (broad SMARTS) is 1. The first kappa shape index (κ1) is 35.0. The number of amides is 4. The monoisotopic (exact) mass is 632 g/mol. The second kappa shape index (κ2) is 16.5. The molecule has 0 saturated carbocycles. The van der Waals surface area contributed by atoms with Gasteiger partial charge in [0.2, 0.25) is 23.6 Å². The van der Waals surface area contributed by atoms with E-state index in [4.69, 9.17) is 27.3 Å². The summed E-state index contributed by atoms with van der Waals surface area (Å²) in [7, 11) is 0. The highest BCUT2D eigenvalue weighted by Crippen LogP contribution is 2.33. The van der Waals surface area contributed by atoms with Crippen LogP contribution in [0.15, 0.2) is 59.6 Å². The van der Waals surface area contributed by atoms with Crippen molar-refractivity contribution in [2.45, 2.75) is 64.1 Å². The Morgan fingerprint density at radius 1 is 0.848 bits per heavy atom. The highest BCUT2D eigenvalue weighted by Gasteiger charge is 2.31. The van der Waals surface area contributed by atoms with Crippen molar-refractivity contribution in [2.24, 2.45) is 22.2 Å². The number of rotatable bonds is 16. The molecule has 2 aromatic carbocycles. The molecule has 0 bridgehead atoms. The number of hydrogen-bond donors (Lipinski definition) is 7. The van der Waals surface area contributed by atoms with Crippen molar-refractivity contribution in [2.75, 3.05) is 6.54 Å². The molecule has 0 aliphatic rings. The molecule has 1 aromatic heterocycles. The summed E-state index contributed by atoms with van der Waals surface area (Å²) >= 11 is 0. The van der Waals surface area contributed by atoms with Gasteiger partial charge in [-0.2, -0.15) is 0 Å². The number of nitrogens with zero attached hydrogens (tertiary/aromatic N) is 2. The van der Waals surface area contributed by atoms with Crippen molar-refractivity contribution in [1.29, 1.82) is 0 Å². The second-order valence-corrected chi connectivity index (χ2v) is 10.8. The van der Waals surface area contributed by atoms with Crippen LogP contribution in [0.5, 0.6) is 0 Å². The maximum atomic E-state index is 13.8. The van der Waals surface area contributed by atoms with Gasteiger partial charge < -0.3 is 38.3 Å². The molecule has 0 aliphatic heterocycles. The third kappa shape index (κ3) is 10.0. The number of aryl methyl sites for hydroxylation is 1. The number of para-hydroxylation sites is 1. The van der Waals surface area contributed by atoms with Crippen molar-refractivity contribution in [3.05, 3.63) is 65.9 Å². The number of hydrogen-bond acceptors (Lipinski definition) is 7. The van der Waals surface area contributed by atoms with Crippen LogP contribution in [0, 0.1) is 6.92 Å². The fraction of sp³-hybridized carbons (Fsp3) is 0.344. The summed E-state index contributed by atoms with van der Waals surface area (Å²) in [5.41, 5.74) is 19.9. The molecule has 14 heteroatoms. The molecule has 1 heterocycles. The zero-order chi connectivity index (χ0) is 33.8. The van der Waals surface area contributed by atoms with Crippen LogP contribution >= 0.6 is 0 Å². The van der Waals surface area contributed by atoms with E-state index in [9.17, 15) is 24.0 Å². The Morgan fingerprint density at radius 2 is 1.48 bits per heavy atom. The largest absolute Gasteiger partial charge is 0.481 e. The molecule has 244 valence electrons. The van der Waals surface area contributed by atoms with Gasteiger partial charge >= 0.3 is 5.97 Å². The summed E-state index contributed by atoms with van der Waals surface area (Å²) in [6.07, 6.45) is -0.223. The minimum Gasteiger partial charge on any atom is -0.481 e. The highest BCUT2D eigenvalue weighted by molar-refractivity contribution is 5.98. The number of nitrogens with two attached hydrogens (primary N) is 3. The van der Waals surface area contributed by atoms with Crippen LogP contribution in [0.25, 0.3) is 22.0 Å². The van der Waals surface area contributed by atoms with E-state index in [0.29, 0.717) is 17.7 Å². The first-order valence-corrected chi connectivity index (χ1v) is 14.7. The third-order valence-electron chi connectivity index (χ3n) is 7.25. The summed E-state index contributed by atoms with van der Waals surface area (Å²) < 4.78 is 0. The lowest BCUT2D eigenvalue weighted by molar-refractivity contribution is -0.138. The third-order valence-corrected chi connectivity index (χ3v) is 7.25. The minimum absolute atomic E-state index is 0.0589. The number of nitrogens with one attached hydrogen (secondary N) is 3. The molecule has 4 amide bonds. The topological polar surface area (TPSA) is 245 Å². The molecule has 0 radical (unpaired) electrons. The molecule has 0 spiro atoms. The number of primary amides is 1. The maximum absolute atomic E-state index is 13.8. The molecule has 0 saturated heterocycles. The highest BCUT2D eigenvalue weighted by atomic mass is 16.4. The molecule has 3 aromatic rings. The molecule has 3 rings (SSSR count).